The Morgan fingerprint density at radius 1 is 1.17 bits per heavy atom. The molecule has 94 valence electrons. The van der Waals surface area contributed by atoms with Gasteiger partial charge in [0.2, 0.25) is 0 Å². The SMILES string of the molecule is Cc1ccc(-c2nc(C)c(F)c(NN)n2)c(C)c1. The van der Waals surface area contributed by atoms with E-state index in [0.717, 1.165) is 16.7 Å². The molecule has 0 atom stereocenters. The van der Waals surface area contributed by atoms with E-state index in [1.165, 1.54) is 0 Å². The standard InChI is InChI=1S/C13H15FN4/c1-7-4-5-10(8(2)6-7)12-16-9(3)11(14)13(17-12)18-15/h4-6H,15H2,1-3H3,(H,16,17,18). The Balaban J connectivity index is 2.60. The summed E-state index contributed by atoms with van der Waals surface area (Å²) in [5, 5.41) is 0. The molecule has 0 amide bonds. The van der Waals surface area contributed by atoms with Crippen molar-refractivity contribution >= 4 is 5.82 Å². The maximum atomic E-state index is 13.6. The quantitative estimate of drug-likeness (QED) is 0.631. The zero-order chi connectivity index (χ0) is 13.3. The molecule has 4 nitrogen and oxygen atoms in total. The second kappa shape index (κ2) is 4.70. The van der Waals surface area contributed by atoms with Crippen molar-refractivity contribution < 1.29 is 4.39 Å². The van der Waals surface area contributed by atoms with Crippen LogP contribution in [0.25, 0.3) is 11.4 Å². The first-order valence-corrected chi connectivity index (χ1v) is 5.61. The van der Waals surface area contributed by atoms with Crippen LogP contribution in [0.4, 0.5) is 10.2 Å². The second-order valence-corrected chi connectivity index (χ2v) is 4.26. The van der Waals surface area contributed by atoms with E-state index >= 15 is 0 Å². The van der Waals surface area contributed by atoms with E-state index in [1.54, 1.807) is 6.92 Å². The molecule has 3 N–H and O–H groups in total. The van der Waals surface area contributed by atoms with Crippen LogP contribution in [0.15, 0.2) is 18.2 Å². The van der Waals surface area contributed by atoms with Gasteiger partial charge in [0.1, 0.15) is 0 Å². The van der Waals surface area contributed by atoms with E-state index < -0.39 is 5.82 Å². The van der Waals surface area contributed by atoms with Gasteiger partial charge >= 0.3 is 0 Å². The van der Waals surface area contributed by atoms with E-state index in [2.05, 4.69) is 15.4 Å². The fraction of sp³-hybridized carbons (Fsp3) is 0.231. The monoisotopic (exact) mass is 246 g/mol. The number of aromatic nitrogens is 2. The van der Waals surface area contributed by atoms with Crippen molar-refractivity contribution in [1.29, 1.82) is 0 Å². The first-order chi connectivity index (χ1) is 8.52. The minimum atomic E-state index is -0.522. The Morgan fingerprint density at radius 3 is 2.50 bits per heavy atom. The van der Waals surface area contributed by atoms with Crippen LogP contribution in [0.5, 0.6) is 0 Å². The first-order valence-electron chi connectivity index (χ1n) is 5.61. The number of hydrogen-bond acceptors (Lipinski definition) is 4. The Labute approximate surface area is 105 Å². The van der Waals surface area contributed by atoms with Gasteiger partial charge in [0.05, 0.1) is 5.69 Å². The molecule has 0 unspecified atom stereocenters. The summed E-state index contributed by atoms with van der Waals surface area (Å²) in [7, 11) is 0. The van der Waals surface area contributed by atoms with Crippen molar-refractivity contribution in [3.63, 3.8) is 0 Å². The number of aryl methyl sites for hydroxylation is 3. The maximum Gasteiger partial charge on any atom is 0.187 e. The summed E-state index contributed by atoms with van der Waals surface area (Å²) in [4.78, 5) is 8.25. The first kappa shape index (κ1) is 12.4. The molecule has 0 aliphatic rings. The third-order valence-electron chi connectivity index (χ3n) is 2.78. The summed E-state index contributed by atoms with van der Waals surface area (Å²) in [6, 6.07) is 5.94. The molecule has 0 spiro atoms. The van der Waals surface area contributed by atoms with Gasteiger partial charge in [-0.25, -0.2) is 20.2 Å². The van der Waals surface area contributed by atoms with Crippen molar-refractivity contribution in [3.05, 3.63) is 40.8 Å². The van der Waals surface area contributed by atoms with E-state index in [-0.39, 0.29) is 11.5 Å². The van der Waals surface area contributed by atoms with Crippen LogP contribution in [0.2, 0.25) is 0 Å². The van der Waals surface area contributed by atoms with Crippen LogP contribution in [0, 0.1) is 26.6 Å². The number of anilines is 1. The fourth-order valence-corrected chi connectivity index (χ4v) is 1.84. The van der Waals surface area contributed by atoms with Crippen molar-refractivity contribution in [2.75, 3.05) is 5.43 Å². The smallest absolute Gasteiger partial charge is 0.187 e. The van der Waals surface area contributed by atoms with Gasteiger partial charge in [-0.3, -0.25) is 0 Å². The molecule has 5 heteroatoms. The number of nitrogens with two attached hydrogens (primary N) is 1. The predicted molar refractivity (Wildman–Crippen MR) is 69.4 cm³/mol. The topological polar surface area (TPSA) is 63.8 Å². The van der Waals surface area contributed by atoms with Gasteiger partial charge in [-0.15, -0.1) is 0 Å². The van der Waals surface area contributed by atoms with Gasteiger partial charge in [0, 0.05) is 5.56 Å². The fourth-order valence-electron chi connectivity index (χ4n) is 1.84. The summed E-state index contributed by atoms with van der Waals surface area (Å²) in [5.41, 5.74) is 5.60. The lowest BCUT2D eigenvalue weighted by atomic mass is 10.1. The lowest BCUT2D eigenvalue weighted by molar-refractivity contribution is 0.606. The number of halogens is 1. The zero-order valence-electron chi connectivity index (χ0n) is 10.6. The number of nitrogens with one attached hydrogen (secondary N) is 1. The molecular weight excluding hydrogens is 231 g/mol. The van der Waals surface area contributed by atoms with Crippen molar-refractivity contribution in [3.8, 4) is 11.4 Å². The zero-order valence-corrected chi connectivity index (χ0v) is 10.6. The minimum Gasteiger partial charge on any atom is -0.306 e. The summed E-state index contributed by atoms with van der Waals surface area (Å²) in [5.74, 6) is 5.21. The highest BCUT2D eigenvalue weighted by atomic mass is 19.1. The number of nitrogen functional groups attached to an aromatic ring is 1. The van der Waals surface area contributed by atoms with Gasteiger partial charge in [-0.1, -0.05) is 23.8 Å². The third-order valence-corrected chi connectivity index (χ3v) is 2.78. The molecule has 1 heterocycles. The molecule has 2 aromatic rings. The van der Waals surface area contributed by atoms with Crippen molar-refractivity contribution in [2.45, 2.75) is 20.8 Å². The maximum absolute atomic E-state index is 13.6. The van der Waals surface area contributed by atoms with Crippen LogP contribution < -0.4 is 11.3 Å². The van der Waals surface area contributed by atoms with E-state index in [4.69, 9.17) is 5.84 Å². The predicted octanol–water partition coefficient (Wildman–Crippen LogP) is 2.49. The van der Waals surface area contributed by atoms with Crippen LogP contribution in [0.3, 0.4) is 0 Å². The molecule has 0 saturated heterocycles. The van der Waals surface area contributed by atoms with Crippen LogP contribution in [0.1, 0.15) is 16.8 Å². The Morgan fingerprint density at radius 2 is 1.89 bits per heavy atom. The van der Waals surface area contributed by atoms with Crippen LogP contribution in [-0.2, 0) is 0 Å². The van der Waals surface area contributed by atoms with E-state index in [1.807, 2.05) is 32.0 Å². The third kappa shape index (κ3) is 2.17. The molecular formula is C13H15FN4. The second-order valence-electron chi connectivity index (χ2n) is 4.26. The Bertz CT molecular complexity index is 596. The van der Waals surface area contributed by atoms with Gasteiger partial charge in [-0.05, 0) is 26.3 Å². The van der Waals surface area contributed by atoms with Gasteiger partial charge in [-0.2, -0.15) is 0 Å². The van der Waals surface area contributed by atoms with Crippen molar-refractivity contribution in [2.24, 2.45) is 5.84 Å². The number of benzene rings is 1. The largest absolute Gasteiger partial charge is 0.306 e. The van der Waals surface area contributed by atoms with Crippen LogP contribution in [-0.4, -0.2) is 9.97 Å². The van der Waals surface area contributed by atoms with Gasteiger partial charge in [0.15, 0.2) is 17.5 Å². The lowest BCUT2D eigenvalue weighted by Crippen LogP contribution is -2.13. The highest BCUT2D eigenvalue weighted by Gasteiger charge is 2.13. The summed E-state index contributed by atoms with van der Waals surface area (Å²) < 4.78 is 13.6. The van der Waals surface area contributed by atoms with Gasteiger partial charge < -0.3 is 5.43 Å². The molecule has 0 radical (unpaired) electrons. The highest BCUT2D eigenvalue weighted by molar-refractivity contribution is 5.62. The molecule has 0 fully saturated rings. The lowest BCUT2D eigenvalue weighted by Gasteiger charge is -2.09. The van der Waals surface area contributed by atoms with E-state index in [0.29, 0.717) is 5.82 Å². The van der Waals surface area contributed by atoms with Gasteiger partial charge in [0.25, 0.3) is 0 Å². The number of nitrogens with zero attached hydrogens (tertiary/aromatic N) is 2. The summed E-state index contributed by atoms with van der Waals surface area (Å²) >= 11 is 0. The van der Waals surface area contributed by atoms with E-state index in [9.17, 15) is 4.39 Å². The number of hydrogen-bond donors (Lipinski definition) is 2. The molecule has 1 aromatic heterocycles. The molecule has 1 aromatic carbocycles. The number of hydrazine groups is 1. The summed E-state index contributed by atoms with van der Waals surface area (Å²) in [6.07, 6.45) is 0. The molecule has 0 aliphatic heterocycles. The summed E-state index contributed by atoms with van der Waals surface area (Å²) in [6.45, 7) is 5.57. The molecule has 18 heavy (non-hydrogen) atoms. The molecule has 2 rings (SSSR count). The van der Waals surface area contributed by atoms with Crippen molar-refractivity contribution in [1.82, 2.24) is 9.97 Å². The Hall–Kier alpha value is -2.01. The van der Waals surface area contributed by atoms with Crippen LogP contribution >= 0.6 is 0 Å². The Kier molecular flexibility index (Phi) is 3.25. The minimum absolute atomic E-state index is 0.0116. The average Bonchev–Trinajstić information content (AvgIpc) is 2.32. The normalized spacial score (nSPS) is 10.5. The number of rotatable bonds is 2. The molecule has 0 aliphatic carbocycles. The molecule has 0 saturated carbocycles. The highest BCUT2D eigenvalue weighted by Crippen LogP contribution is 2.24. The molecule has 0 bridgehead atoms. The average molecular weight is 246 g/mol.